The SMILES string of the molecule is CCC1=C(SCCN2CCCCC2)C2C(=O)N(C)C(=O)[N+](C)=C2N=C1. The van der Waals surface area contributed by atoms with Gasteiger partial charge in [0.05, 0.1) is 14.1 Å². The lowest BCUT2D eigenvalue weighted by Crippen LogP contribution is -2.52. The van der Waals surface area contributed by atoms with E-state index in [1.165, 1.54) is 41.8 Å². The lowest BCUT2D eigenvalue weighted by Gasteiger charge is -2.29. The van der Waals surface area contributed by atoms with Crippen LogP contribution >= 0.6 is 11.8 Å². The predicted octanol–water partition coefficient (Wildman–Crippen LogP) is 2.20. The van der Waals surface area contributed by atoms with E-state index in [0.29, 0.717) is 5.84 Å². The quantitative estimate of drug-likeness (QED) is 0.703. The van der Waals surface area contributed by atoms with Gasteiger partial charge in [0, 0.05) is 17.2 Å². The molecule has 0 aromatic heterocycles. The van der Waals surface area contributed by atoms with E-state index in [4.69, 9.17) is 0 Å². The van der Waals surface area contributed by atoms with Gasteiger partial charge in [-0.2, -0.15) is 9.48 Å². The van der Waals surface area contributed by atoms with E-state index >= 15 is 0 Å². The van der Waals surface area contributed by atoms with Crippen molar-refractivity contribution >= 4 is 35.8 Å². The Kier molecular flexibility index (Phi) is 5.74. The van der Waals surface area contributed by atoms with Gasteiger partial charge in [-0.1, -0.05) is 13.3 Å². The van der Waals surface area contributed by atoms with Gasteiger partial charge in [0.1, 0.15) is 6.21 Å². The Balaban J connectivity index is 1.79. The minimum atomic E-state index is -0.431. The molecule has 0 aliphatic carbocycles. The number of piperidine rings is 1. The van der Waals surface area contributed by atoms with Crippen LogP contribution in [0.1, 0.15) is 32.6 Å². The van der Waals surface area contributed by atoms with Crippen molar-refractivity contribution in [3.63, 3.8) is 0 Å². The number of allylic oxidation sites excluding steroid dienone is 1. The van der Waals surface area contributed by atoms with Crippen LogP contribution in [0, 0.1) is 5.92 Å². The summed E-state index contributed by atoms with van der Waals surface area (Å²) in [6.45, 7) is 5.50. The molecule has 3 aliphatic heterocycles. The molecule has 1 unspecified atom stereocenters. The summed E-state index contributed by atoms with van der Waals surface area (Å²) in [6.07, 6.45) is 6.59. The predicted molar refractivity (Wildman–Crippen MR) is 101 cm³/mol. The molecule has 3 aliphatic rings. The molecule has 1 atom stereocenters. The number of imide groups is 1. The van der Waals surface area contributed by atoms with Crippen molar-refractivity contribution in [2.24, 2.45) is 10.9 Å². The average Bonchev–Trinajstić information content (AvgIpc) is 2.65. The molecular formula is C18H27N4O2S+. The number of dihydropyridines is 1. The molecule has 0 aromatic carbocycles. The van der Waals surface area contributed by atoms with Gasteiger partial charge in [0.15, 0.2) is 5.92 Å². The maximum atomic E-state index is 12.8. The molecular weight excluding hydrogens is 336 g/mol. The van der Waals surface area contributed by atoms with Crippen LogP contribution in [-0.2, 0) is 4.79 Å². The zero-order valence-electron chi connectivity index (χ0n) is 15.3. The second kappa shape index (κ2) is 7.83. The van der Waals surface area contributed by atoms with Gasteiger partial charge in [-0.15, -0.1) is 16.8 Å². The molecule has 0 radical (unpaired) electrons. The third-order valence-corrected chi connectivity index (χ3v) is 6.37. The number of amides is 3. The molecule has 1 saturated heterocycles. The fourth-order valence-electron chi connectivity index (χ4n) is 3.61. The monoisotopic (exact) mass is 363 g/mol. The Hall–Kier alpha value is -1.47. The van der Waals surface area contributed by atoms with Crippen LogP contribution in [0.3, 0.4) is 0 Å². The number of hydrogen-bond donors (Lipinski definition) is 0. The summed E-state index contributed by atoms with van der Waals surface area (Å²) in [4.78, 5) is 34.2. The number of fused-ring (bicyclic) bond motifs is 1. The van der Waals surface area contributed by atoms with Gasteiger partial charge in [-0.3, -0.25) is 4.79 Å². The molecule has 0 spiro atoms. The van der Waals surface area contributed by atoms with Gasteiger partial charge in [0.2, 0.25) is 0 Å². The number of likely N-dealkylation sites (tertiary alicyclic amines) is 1. The first-order valence-electron chi connectivity index (χ1n) is 9.09. The van der Waals surface area contributed by atoms with Gasteiger partial charge in [-0.25, -0.2) is 4.79 Å². The normalized spacial score (nSPS) is 25.1. The lowest BCUT2D eigenvalue weighted by atomic mass is 9.97. The van der Waals surface area contributed by atoms with Crippen molar-refractivity contribution in [2.45, 2.75) is 32.6 Å². The van der Waals surface area contributed by atoms with Crippen molar-refractivity contribution in [2.75, 3.05) is 39.5 Å². The summed E-state index contributed by atoms with van der Waals surface area (Å²) in [6, 6.07) is -0.314. The fourth-order valence-corrected chi connectivity index (χ4v) is 4.93. The summed E-state index contributed by atoms with van der Waals surface area (Å²) in [5.41, 5.74) is 1.11. The zero-order chi connectivity index (χ0) is 18.0. The topological polar surface area (TPSA) is 56.0 Å². The Morgan fingerprint density at radius 2 is 2.00 bits per heavy atom. The molecule has 0 saturated carbocycles. The molecule has 0 bridgehead atoms. The summed E-state index contributed by atoms with van der Waals surface area (Å²) in [5, 5.41) is 0. The van der Waals surface area contributed by atoms with Crippen molar-refractivity contribution < 1.29 is 14.2 Å². The van der Waals surface area contributed by atoms with Crippen LogP contribution in [0.25, 0.3) is 0 Å². The molecule has 3 heterocycles. The lowest BCUT2D eigenvalue weighted by molar-refractivity contribution is -0.407. The first-order valence-corrected chi connectivity index (χ1v) is 10.1. The van der Waals surface area contributed by atoms with E-state index < -0.39 is 5.92 Å². The van der Waals surface area contributed by atoms with E-state index in [-0.39, 0.29) is 11.9 Å². The third-order valence-electron chi connectivity index (χ3n) is 5.18. The first kappa shape index (κ1) is 18.3. The number of carbonyl (C=O) groups is 2. The highest BCUT2D eigenvalue weighted by Gasteiger charge is 2.48. The minimum Gasteiger partial charge on any atom is -0.303 e. The number of nitrogens with zero attached hydrogens (tertiary/aromatic N) is 4. The Morgan fingerprint density at radius 3 is 2.68 bits per heavy atom. The van der Waals surface area contributed by atoms with E-state index in [0.717, 1.165) is 29.2 Å². The highest BCUT2D eigenvalue weighted by molar-refractivity contribution is 8.03. The smallest absolute Gasteiger partial charge is 0.303 e. The summed E-state index contributed by atoms with van der Waals surface area (Å²) in [7, 11) is 3.25. The molecule has 1 fully saturated rings. The Morgan fingerprint density at radius 1 is 1.28 bits per heavy atom. The van der Waals surface area contributed by atoms with Crippen LogP contribution in [-0.4, -0.2) is 77.8 Å². The second-order valence-electron chi connectivity index (χ2n) is 6.78. The second-order valence-corrected chi connectivity index (χ2v) is 7.92. The number of thioether (sulfide) groups is 1. The average molecular weight is 364 g/mol. The van der Waals surface area contributed by atoms with Crippen LogP contribution in [0.15, 0.2) is 15.5 Å². The highest BCUT2D eigenvalue weighted by atomic mass is 32.2. The zero-order valence-corrected chi connectivity index (χ0v) is 16.1. The first-order chi connectivity index (χ1) is 12.0. The van der Waals surface area contributed by atoms with E-state index in [1.54, 1.807) is 25.9 Å². The third kappa shape index (κ3) is 3.58. The molecule has 25 heavy (non-hydrogen) atoms. The van der Waals surface area contributed by atoms with Crippen LogP contribution in [0.4, 0.5) is 4.79 Å². The molecule has 0 aromatic rings. The molecule has 3 rings (SSSR count). The minimum absolute atomic E-state index is 0.165. The molecule has 3 amide bonds. The van der Waals surface area contributed by atoms with Crippen LogP contribution in [0.5, 0.6) is 0 Å². The number of amidine groups is 1. The number of hydrogen-bond acceptors (Lipinski definition) is 5. The van der Waals surface area contributed by atoms with Gasteiger partial charge in [-0.05, 0) is 37.9 Å². The van der Waals surface area contributed by atoms with Crippen molar-refractivity contribution in [1.82, 2.24) is 9.80 Å². The Bertz CT molecular complexity index is 662. The molecule has 0 N–H and O–H groups in total. The maximum Gasteiger partial charge on any atom is 0.445 e. The standard InChI is InChI=1S/C18H27N4O2S/c1-4-13-12-19-16-14(17(23)21(3)18(24)20(16)2)15(13)25-11-10-22-8-6-5-7-9-22/h12,14H,4-11H2,1-3H3/q+1. The summed E-state index contributed by atoms with van der Waals surface area (Å²) < 4.78 is 1.50. The number of carbonyl (C=O) groups excluding carboxylic acids is 2. The highest BCUT2D eigenvalue weighted by Crippen LogP contribution is 2.35. The molecule has 6 nitrogen and oxygen atoms in total. The number of urea groups is 1. The molecule has 136 valence electrons. The largest absolute Gasteiger partial charge is 0.445 e. The van der Waals surface area contributed by atoms with Crippen LogP contribution < -0.4 is 0 Å². The van der Waals surface area contributed by atoms with E-state index in [2.05, 4.69) is 16.8 Å². The van der Waals surface area contributed by atoms with E-state index in [1.807, 2.05) is 6.21 Å². The van der Waals surface area contributed by atoms with E-state index in [9.17, 15) is 9.59 Å². The van der Waals surface area contributed by atoms with Gasteiger partial charge in [0.25, 0.3) is 5.84 Å². The number of aliphatic imine (C=N–C) groups is 1. The van der Waals surface area contributed by atoms with Crippen molar-refractivity contribution in [3.05, 3.63) is 10.5 Å². The van der Waals surface area contributed by atoms with Crippen molar-refractivity contribution in [1.29, 1.82) is 0 Å². The van der Waals surface area contributed by atoms with Gasteiger partial charge < -0.3 is 4.90 Å². The maximum absolute atomic E-state index is 12.8. The number of rotatable bonds is 5. The summed E-state index contributed by atoms with van der Waals surface area (Å²) in [5.74, 6) is 0.927. The molecule has 7 heteroatoms. The van der Waals surface area contributed by atoms with Crippen LogP contribution in [0.2, 0.25) is 0 Å². The summed E-state index contributed by atoms with van der Waals surface area (Å²) >= 11 is 1.76. The Labute approximate surface area is 153 Å². The van der Waals surface area contributed by atoms with Crippen molar-refractivity contribution in [3.8, 4) is 0 Å². The fraction of sp³-hybridized carbons (Fsp3) is 0.667. The van der Waals surface area contributed by atoms with Gasteiger partial charge >= 0.3 is 11.9 Å².